The molecule has 1 heterocycles. The SMILES string of the molecule is CN(C)C1CCCCC1NC(=S)c1nc(-c2ccc(Cl)cc2Cl)c(-c2ccc(OS(=O)(=O)CCC(F)(F)F)cc2)s1. The zero-order valence-corrected chi connectivity index (χ0v) is 26.1. The number of alkyl halides is 3. The second-order valence-corrected chi connectivity index (χ2v) is 13.9. The lowest BCUT2D eigenvalue weighted by Gasteiger charge is -2.37. The fraction of sp³-hybridized carbons (Fsp3) is 0.407. The number of thiazole rings is 1. The van der Waals surface area contributed by atoms with Gasteiger partial charge in [-0.3, -0.25) is 0 Å². The van der Waals surface area contributed by atoms with Gasteiger partial charge >= 0.3 is 16.3 Å². The van der Waals surface area contributed by atoms with Crippen LogP contribution in [0.1, 0.15) is 37.1 Å². The summed E-state index contributed by atoms with van der Waals surface area (Å²) in [6.45, 7) is 0. The lowest BCUT2D eigenvalue weighted by molar-refractivity contribution is -0.130. The fourth-order valence-corrected chi connectivity index (χ4v) is 7.47. The van der Waals surface area contributed by atoms with E-state index in [0.717, 1.165) is 25.7 Å². The lowest BCUT2D eigenvalue weighted by atomic mass is 9.89. The summed E-state index contributed by atoms with van der Waals surface area (Å²) in [5.41, 5.74) is 1.87. The molecule has 222 valence electrons. The Bertz CT molecular complexity index is 1500. The molecule has 14 heteroatoms. The van der Waals surface area contributed by atoms with Crippen LogP contribution in [0, 0.1) is 0 Å². The van der Waals surface area contributed by atoms with Gasteiger partial charge in [-0.25, -0.2) is 4.98 Å². The molecule has 1 fully saturated rings. The standard InChI is InChI=1S/C27H28Cl2F3N3O3S3/c1-35(2)22-6-4-3-5-21(22)33-25(39)26-34-23(19-12-9-17(28)15-20(19)29)24(40-26)16-7-10-18(11-8-16)38-41(36,37)14-13-27(30,31)32/h7-12,15,21-22H,3-6,13-14H2,1-2H3,(H,33,39). The number of hydrogen-bond acceptors (Lipinski definition) is 7. The molecule has 0 spiro atoms. The summed E-state index contributed by atoms with van der Waals surface area (Å²) in [7, 11) is -0.306. The fourth-order valence-electron chi connectivity index (χ4n) is 4.70. The van der Waals surface area contributed by atoms with Crippen molar-refractivity contribution in [2.24, 2.45) is 0 Å². The van der Waals surface area contributed by atoms with Crippen LogP contribution in [-0.4, -0.2) is 61.4 Å². The maximum Gasteiger partial charge on any atom is 0.390 e. The van der Waals surface area contributed by atoms with Crippen molar-refractivity contribution in [3.63, 3.8) is 0 Å². The van der Waals surface area contributed by atoms with Crippen LogP contribution in [0.15, 0.2) is 42.5 Å². The summed E-state index contributed by atoms with van der Waals surface area (Å²) in [5.74, 6) is -1.27. The molecule has 6 nitrogen and oxygen atoms in total. The molecule has 4 rings (SSSR count). The van der Waals surface area contributed by atoms with Gasteiger partial charge in [-0.05, 0) is 75.0 Å². The first kappa shape index (κ1) is 32.0. The second-order valence-electron chi connectivity index (χ2n) is 9.95. The zero-order valence-electron chi connectivity index (χ0n) is 22.2. The predicted octanol–water partition coefficient (Wildman–Crippen LogP) is 7.58. The van der Waals surface area contributed by atoms with Gasteiger partial charge in [0.2, 0.25) is 0 Å². The van der Waals surface area contributed by atoms with Crippen LogP contribution >= 0.6 is 46.8 Å². The highest BCUT2D eigenvalue weighted by atomic mass is 35.5. The van der Waals surface area contributed by atoms with Gasteiger partial charge in [-0.2, -0.15) is 21.6 Å². The third-order valence-corrected chi connectivity index (χ3v) is 9.95. The average Bonchev–Trinajstić information content (AvgIpc) is 3.33. The molecule has 2 atom stereocenters. The van der Waals surface area contributed by atoms with E-state index >= 15 is 0 Å². The predicted molar refractivity (Wildman–Crippen MR) is 163 cm³/mol. The van der Waals surface area contributed by atoms with E-state index in [-0.39, 0.29) is 11.8 Å². The molecule has 2 unspecified atom stereocenters. The van der Waals surface area contributed by atoms with E-state index < -0.39 is 28.5 Å². The molecule has 0 bridgehead atoms. The van der Waals surface area contributed by atoms with Gasteiger partial charge in [0.25, 0.3) is 0 Å². The normalized spacial score (nSPS) is 18.0. The molecule has 0 aliphatic heterocycles. The van der Waals surface area contributed by atoms with Crippen LogP contribution in [-0.2, 0) is 10.1 Å². The molecular weight excluding hydrogens is 638 g/mol. The molecule has 1 aromatic heterocycles. The Kier molecular flexibility index (Phi) is 10.2. The molecule has 3 aromatic rings. The first-order chi connectivity index (χ1) is 19.2. The van der Waals surface area contributed by atoms with Crippen molar-refractivity contribution in [1.82, 2.24) is 15.2 Å². The third-order valence-electron chi connectivity index (χ3n) is 6.69. The highest BCUT2D eigenvalue weighted by molar-refractivity contribution is 7.87. The number of hydrogen-bond donors (Lipinski definition) is 1. The Morgan fingerprint density at radius 3 is 2.46 bits per heavy atom. The molecule has 1 aliphatic rings. The minimum atomic E-state index is -4.61. The minimum absolute atomic E-state index is 0.101. The van der Waals surface area contributed by atoms with Crippen molar-refractivity contribution in [2.45, 2.75) is 50.4 Å². The van der Waals surface area contributed by atoms with Gasteiger partial charge in [0.05, 0.1) is 27.8 Å². The Morgan fingerprint density at radius 2 is 1.83 bits per heavy atom. The quantitative estimate of drug-likeness (QED) is 0.187. The number of halogens is 5. The van der Waals surface area contributed by atoms with Crippen molar-refractivity contribution < 1.29 is 25.8 Å². The van der Waals surface area contributed by atoms with E-state index in [2.05, 4.69) is 24.3 Å². The highest BCUT2D eigenvalue weighted by Gasteiger charge is 2.31. The molecule has 0 amide bonds. The number of nitrogens with zero attached hydrogens (tertiary/aromatic N) is 2. The van der Waals surface area contributed by atoms with Crippen LogP contribution in [0.3, 0.4) is 0 Å². The molecular formula is C27H28Cl2F3N3O3S3. The van der Waals surface area contributed by atoms with Gasteiger partial charge in [0.1, 0.15) is 10.7 Å². The van der Waals surface area contributed by atoms with Crippen LogP contribution in [0.25, 0.3) is 21.7 Å². The number of benzene rings is 2. The molecule has 1 aliphatic carbocycles. The summed E-state index contributed by atoms with van der Waals surface area (Å²) in [6.07, 6.45) is -1.76. The van der Waals surface area contributed by atoms with E-state index in [1.54, 1.807) is 30.3 Å². The minimum Gasteiger partial charge on any atom is -0.382 e. The molecule has 0 saturated heterocycles. The van der Waals surface area contributed by atoms with Gasteiger partial charge in [-0.1, -0.05) is 48.3 Å². The number of likely N-dealkylation sites (N-methyl/N-ethyl adjacent to an activating group) is 1. The largest absolute Gasteiger partial charge is 0.390 e. The van der Waals surface area contributed by atoms with E-state index in [1.807, 2.05) is 0 Å². The number of aromatic nitrogens is 1. The van der Waals surface area contributed by atoms with E-state index in [1.165, 1.54) is 23.5 Å². The molecule has 0 radical (unpaired) electrons. The van der Waals surface area contributed by atoms with Gasteiger partial charge in [0, 0.05) is 22.7 Å². The van der Waals surface area contributed by atoms with E-state index in [9.17, 15) is 21.6 Å². The summed E-state index contributed by atoms with van der Waals surface area (Å²) in [4.78, 5) is 8.29. The maximum absolute atomic E-state index is 12.5. The first-order valence-electron chi connectivity index (χ1n) is 12.8. The smallest absolute Gasteiger partial charge is 0.382 e. The highest BCUT2D eigenvalue weighted by Crippen LogP contribution is 2.41. The van der Waals surface area contributed by atoms with Crippen LogP contribution in [0.4, 0.5) is 13.2 Å². The lowest BCUT2D eigenvalue weighted by Crippen LogP contribution is -2.50. The van der Waals surface area contributed by atoms with Crippen LogP contribution in [0.5, 0.6) is 5.75 Å². The van der Waals surface area contributed by atoms with Crippen molar-refractivity contribution in [2.75, 3.05) is 19.8 Å². The number of thiocarbonyl (C=S) groups is 1. The van der Waals surface area contributed by atoms with Crippen LogP contribution in [0.2, 0.25) is 10.0 Å². The Labute approximate surface area is 256 Å². The van der Waals surface area contributed by atoms with Gasteiger partial charge < -0.3 is 14.4 Å². The summed E-state index contributed by atoms with van der Waals surface area (Å²) < 4.78 is 66.4. The molecule has 41 heavy (non-hydrogen) atoms. The van der Waals surface area contributed by atoms with Crippen molar-refractivity contribution in [1.29, 1.82) is 0 Å². The molecule has 1 saturated carbocycles. The van der Waals surface area contributed by atoms with Crippen molar-refractivity contribution in [3.05, 3.63) is 57.5 Å². The molecule has 2 aromatic carbocycles. The van der Waals surface area contributed by atoms with Gasteiger partial charge in [0.15, 0.2) is 5.01 Å². The maximum atomic E-state index is 12.5. The van der Waals surface area contributed by atoms with Crippen LogP contribution < -0.4 is 9.50 Å². The topological polar surface area (TPSA) is 71.5 Å². The number of nitrogens with one attached hydrogen (secondary N) is 1. The zero-order chi connectivity index (χ0) is 29.9. The Balaban J connectivity index is 1.64. The summed E-state index contributed by atoms with van der Waals surface area (Å²) in [6, 6.07) is 11.6. The first-order valence-corrected chi connectivity index (χ1v) is 16.3. The third kappa shape index (κ3) is 8.55. The average molecular weight is 667 g/mol. The summed E-state index contributed by atoms with van der Waals surface area (Å²) >= 11 is 19.8. The Hall–Kier alpha value is -1.96. The van der Waals surface area contributed by atoms with Gasteiger partial charge in [-0.15, -0.1) is 11.3 Å². The monoisotopic (exact) mass is 665 g/mol. The van der Waals surface area contributed by atoms with Crippen molar-refractivity contribution in [3.8, 4) is 27.4 Å². The Morgan fingerprint density at radius 1 is 1.15 bits per heavy atom. The van der Waals surface area contributed by atoms with Crippen molar-refractivity contribution >= 4 is 61.9 Å². The van der Waals surface area contributed by atoms with E-state index in [0.29, 0.717) is 47.8 Å². The molecule has 1 N–H and O–H groups in total. The second kappa shape index (κ2) is 13.1. The van der Waals surface area contributed by atoms with E-state index in [4.69, 9.17) is 44.6 Å². The number of rotatable bonds is 9. The summed E-state index contributed by atoms with van der Waals surface area (Å²) in [5, 5.41) is 4.96.